The van der Waals surface area contributed by atoms with E-state index < -0.39 is 0 Å². The van der Waals surface area contributed by atoms with E-state index in [1.54, 1.807) is 7.11 Å². The summed E-state index contributed by atoms with van der Waals surface area (Å²) in [4.78, 5) is 0. The van der Waals surface area contributed by atoms with Crippen LogP contribution in [0.1, 0.15) is 32.6 Å². The van der Waals surface area contributed by atoms with Gasteiger partial charge in [0.1, 0.15) is 0 Å². The number of aliphatic hydroxyl groups is 1. The Bertz CT molecular complexity index is 161. The van der Waals surface area contributed by atoms with E-state index in [2.05, 4.69) is 0 Å². The minimum atomic E-state index is -0.381. The Kier molecular flexibility index (Phi) is 1.92. The molecule has 1 unspecified atom stereocenters. The molecule has 2 heteroatoms. The quantitative estimate of drug-likeness (QED) is 0.647. The summed E-state index contributed by atoms with van der Waals surface area (Å²) >= 11 is 0. The molecule has 0 aliphatic heterocycles. The highest BCUT2D eigenvalue weighted by Gasteiger charge is 2.46. The molecule has 0 spiro atoms. The van der Waals surface area contributed by atoms with E-state index in [0.29, 0.717) is 6.10 Å². The molecule has 0 amide bonds. The van der Waals surface area contributed by atoms with Crippen LogP contribution in [0.25, 0.3) is 0 Å². The second-order valence-electron chi connectivity index (χ2n) is 4.75. The van der Waals surface area contributed by atoms with Gasteiger partial charge in [-0.3, -0.25) is 0 Å². The molecule has 4 atom stereocenters. The first-order chi connectivity index (χ1) is 5.61. The predicted molar refractivity (Wildman–Crippen MR) is 46.9 cm³/mol. The van der Waals surface area contributed by atoms with Gasteiger partial charge in [-0.1, -0.05) is 0 Å². The van der Waals surface area contributed by atoms with Gasteiger partial charge in [-0.25, -0.2) is 0 Å². The van der Waals surface area contributed by atoms with Crippen molar-refractivity contribution < 1.29 is 9.84 Å². The van der Waals surface area contributed by atoms with Gasteiger partial charge in [0, 0.05) is 7.11 Å². The van der Waals surface area contributed by atoms with E-state index in [4.69, 9.17) is 4.74 Å². The minimum absolute atomic E-state index is 0.381. The maximum Gasteiger partial charge on any atom is 0.0625 e. The highest BCUT2D eigenvalue weighted by molar-refractivity contribution is 4.97. The lowest BCUT2D eigenvalue weighted by molar-refractivity contribution is 0.0436. The monoisotopic (exact) mass is 170 g/mol. The Hall–Kier alpha value is -0.0800. The molecule has 0 heterocycles. The van der Waals surface area contributed by atoms with Gasteiger partial charge in [0.25, 0.3) is 0 Å². The van der Waals surface area contributed by atoms with Crippen molar-refractivity contribution in [2.45, 2.75) is 44.3 Å². The number of hydrogen-bond donors (Lipinski definition) is 1. The average molecular weight is 170 g/mol. The van der Waals surface area contributed by atoms with Crippen molar-refractivity contribution in [3.05, 3.63) is 0 Å². The van der Waals surface area contributed by atoms with Crippen molar-refractivity contribution in [1.29, 1.82) is 0 Å². The van der Waals surface area contributed by atoms with Gasteiger partial charge in [-0.05, 0) is 44.4 Å². The zero-order chi connectivity index (χ0) is 8.77. The van der Waals surface area contributed by atoms with E-state index in [1.165, 1.54) is 0 Å². The summed E-state index contributed by atoms with van der Waals surface area (Å²) in [6, 6.07) is 0. The van der Waals surface area contributed by atoms with Gasteiger partial charge in [-0.2, -0.15) is 0 Å². The topological polar surface area (TPSA) is 29.5 Å². The minimum Gasteiger partial charge on any atom is -0.390 e. The molecule has 0 radical (unpaired) electrons. The molecule has 2 nitrogen and oxygen atoms in total. The van der Waals surface area contributed by atoms with Gasteiger partial charge < -0.3 is 9.84 Å². The van der Waals surface area contributed by atoms with Crippen molar-refractivity contribution in [3.63, 3.8) is 0 Å². The van der Waals surface area contributed by atoms with Crippen LogP contribution in [0.3, 0.4) is 0 Å². The molecular formula is C10H18O2. The fraction of sp³-hybridized carbons (Fsp3) is 1.00. The summed E-state index contributed by atoms with van der Waals surface area (Å²) in [5.74, 6) is 1.45. The molecule has 2 aliphatic carbocycles. The van der Waals surface area contributed by atoms with Gasteiger partial charge in [0.2, 0.25) is 0 Å². The Morgan fingerprint density at radius 2 is 1.75 bits per heavy atom. The third-order valence-corrected chi connectivity index (χ3v) is 3.54. The lowest BCUT2D eigenvalue weighted by Gasteiger charge is -2.18. The normalized spacial score (nSPS) is 52.8. The standard InChI is InChI=1S/C10H18O2/c1-10(11)5-7-3-9(12-2)4-8(7)6-10/h7-9,11H,3-6H2,1-2H3/t7-,8+,9-,10?. The molecule has 0 aromatic carbocycles. The van der Waals surface area contributed by atoms with Gasteiger partial charge in [-0.15, -0.1) is 0 Å². The van der Waals surface area contributed by atoms with Crippen LogP contribution < -0.4 is 0 Å². The van der Waals surface area contributed by atoms with Crippen LogP contribution in [-0.2, 0) is 4.74 Å². The molecule has 12 heavy (non-hydrogen) atoms. The summed E-state index contributed by atoms with van der Waals surface area (Å²) in [7, 11) is 1.80. The molecule has 0 aromatic rings. The van der Waals surface area contributed by atoms with Gasteiger partial charge in [0.05, 0.1) is 11.7 Å². The van der Waals surface area contributed by atoms with Crippen LogP contribution in [0.5, 0.6) is 0 Å². The summed E-state index contributed by atoms with van der Waals surface area (Å²) in [5.41, 5.74) is -0.381. The SMILES string of the molecule is CO[C@@H]1C[C@@H]2CC(C)(O)C[C@@H]2C1. The van der Waals surface area contributed by atoms with E-state index in [-0.39, 0.29) is 5.60 Å². The van der Waals surface area contributed by atoms with Crippen molar-refractivity contribution in [1.82, 2.24) is 0 Å². The Morgan fingerprint density at radius 3 is 2.17 bits per heavy atom. The maximum atomic E-state index is 9.82. The van der Waals surface area contributed by atoms with Gasteiger partial charge >= 0.3 is 0 Å². The lowest BCUT2D eigenvalue weighted by Crippen LogP contribution is -2.21. The third-order valence-electron chi connectivity index (χ3n) is 3.54. The predicted octanol–water partition coefficient (Wildman–Crippen LogP) is 1.57. The molecule has 0 aromatic heterocycles. The summed E-state index contributed by atoms with van der Waals surface area (Å²) in [6.07, 6.45) is 4.76. The number of rotatable bonds is 1. The first-order valence-corrected chi connectivity index (χ1v) is 4.86. The average Bonchev–Trinajstić information content (AvgIpc) is 2.40. The highest BCUT2D eigenvalue weighted by Crippen LogP contribution is 2.49. The van der Waals surface area contributed by atoms with Crippen molar-refractivity contribution in [3.8, 4) is 0 Å². The van der Waals surface area contributed by atoms with Crippen LogP contribution in [-0.4, -0.2) is 23.9 Å². The molecule has 2 aliphatic rings. The van der Waals surface area contributed by atoms with Crippen molar-refractivity contribution >= 4 is 0 Å². The summed E-state index contributed by atoms with van der Waals surface area (Å²) in [6.45, 7) is 1.97. The molecular weight excluding hydrogens is 152 g/mol. The highest BCUT2D eigenvalue weighted by atomic mass is 16.5. The number of methoxy groups -OCH3 is 1. The van der Waals surface area contributed by atoms with Crippen LogP contribution in [0.4, 0.5) is 0 Å². The molecule has 0 saturated heterocycles. The molecule has 2 saturated carbocycles. The molecule has 2 fully saturated rings. The number of hydrogen-bond acceptors (Lipinski definition) is 2. The Morgan fingerprint density at radius 1 is 1.25 bits per heavy atom. The largest absolute Gasteiger partial charge is 0.390 e. The van der Waals surface area contributed by atoms with Crippen LogP contribution >= 0.6 is 0 Å². The zero-order valence-electron chi connectivity index (χ0n) is 7.92. The molecule has 70 valence electrons. The van der Waals surface area contributed by atoms with E-state index in [0.717, 1.165) is 37.5 Å². The van der Waals surface area contributed by atoms with Crippen LogP contribution in [0, 0.1) is 11.8 Å². The Labute approximate surface area is 73.9 Å². The second-order valence-corrected chi connectivity index (χ2v) is 4.75. The molecule has 0 bridgehead atoms. The van der Waals surface area contributed by atoms with Crippen LogP contribution in [0.2, 0.25) is 0 Å². The fourth-order valence-corrected chi connectivity index (χ4v) is 3.06. The first-order valence-electron chi connectivity index (χ1n) is 4.86. The third kappa shape index (κ3) is 1.38. The fourth-order valence-electron chi connectivity index (χ4n) is 3.06. The maximum absolute atomic E-state index is 9.82. The van der Waals surface area contributed by atoms with E-state index in [9.17, 15) is 5.11 Å². The van der Waals surface area contributed by atoms with Crippen molar-refractivity contribution in [2.75, 3.05) is 7.11 Å². The lowest BCUT2D eigenvalue weighted by atomic mass is 10.0. The second kappa shape index (κ2) is 2.71. The number of ether oxygens (including phenoxy) is 1. The van der Waals surface area contributed by atoms with Gasteiger partial charge in [0.15, 0.2) is 0 Å². The zero-order valence-corrected chi connectivity index (χ0v) is 7.92. The molecule has 2 rings (SSSR count). The summed E-state index contributed by atoms with van der Waals surface area (Å²) in [5, 5.41) is 9.82. The molecule has 1 N–H and O–H groups in total. The first kappa shape index (κ1) is 8.52. The number of fused-ring (bicyclic) bond motifs is 1. The summed E-state index contributed by atoms with van der Waals surface area (Å²) < 4.78 is 5.33. The smallest absolute Gasteiger partial charge is 0.0625 e. The van der Waals surface area contributed by atoms with Crippen molar-refractivity contribution in [2.24, 2.45) is 11.8 Å². The Balaban J connectivity index is 1.97. The van der Waals surface area contributed by atoms with Crippen LogP contribution in [0.15, 0.2) is 0 Å². The van der Waals surface area contributed by atoms with E-state index >= 15 is 0 Å². The van der Waals surface area contributed by atoms with E-state index in [1.807, 2.05) is 6.92 Å².